The second-order valence-corrected chi connectivity index (χ2v) is 9.20. The van der Waals surface area contributed by atoms with Gasteiger partial charge in [-0.15, -0.1) is 5.10 Å². The number of aromatic nitrogens is 7. The van der Waals surface area contributed by atoms with Gasteiger partial charge in [-0.2, -0.15) is 0 Å². The van der Waals surface area contributed by atoms with Gasteiger partial charge in [0.05, 0.1) is 11.7 Å². The van der Waals surface area contributed by atoms with Crippen molar-refractivity contribution < 1.29 is 0 Å². The van der Waals surface area contributed by atoms with E-state index < -0.39 is 0 Å². The predicted molar refractivity (Wildman–Crippen MR) is 145 cm³/mol. The SMILES string of the molecule is CCCCc1cn(-c2ccccc2CC)c(=O)n1C(C)c1ccc(-c2cnccc2-c2nnn[nH]2)cc1. The number of nitrogens with one attached hydrogen (secondary N) is 1. The van der Waals surface area contributed by atoms with Gasteiger partial charge in [-0.25, -0.2) is 9.89 Å². The summed E-state index contributed by atoms with van der Waals surface area (Å²) < 4.78 is 3.77. The molecule has 3 aromatic heterocycles. The minimum Gasteiger partial charge on any atom is -0.289 e. The normalized spacial score (nSPS) is 12.1. The van der Waals surface area contributed by atoms with Gasteiger partial charge in [0.2, 0.25) is 0 Å². The monoisotopic (exact) mass is 493 g/mol. The lowest BCUT2D eigenvalue weighted by molar-refractivity contribution is 0.575. The first-order chi connectivity index (χ1) is 18.1. The first-order valence-electron chi connectivity index (χ1n) is 12.8. The molecule has 3 heterocycles. The maximum absolute atomic E-state index is 13.8. The van der Waals surface area contributed by atoms with E-state index >= 15 is 0 Å². The lowest BCUT2D eigenvalue weighted by Crippen LogP contribution is -2.27. The van der Waals surface area contributed by atoms with E-state index in [1.807, 2.05) is 45.8 Å². The van der Waals surface area contributed by atoms with Crippen molar-refractivity contribution in [1.82, 2.24) is 34.7 Å². The maximum atomic E-state index is 13.8. The molecule has 5 rings (SSSR count). The highest BCUT2D eigenvalue weighted by atomic mass is 16.1. The van der Waals surface area contributed by atoms with Gasteiger partial charge in [-0.3, -0.25) is 14.1 Å². The number of rotatable bonds is 9. The minimum absolute atomic E-state index is 0.00376. The molecule has 2 aromatic carbocycles. The zero-order valence-corrected chi connectivity index (χ0v) is 21.4. The highest BCUT2D eigenvalue weighted by Gasteiger charge is 2.20. The van der Waals surface area contributed by atoms with E-state index in [1.54, 1.807) is 6.20 Å². The molecule has 1 unspecified atom stereocenters. The van der Waals surface area contributed by atoms with Crippen LogP contribution in [-0.2, 0) is 12.8 Å². The van der Waals surface area contributed by atoms with Crippen LogP contribution >= 0.6 is 0 Å². The van der Waals surface area contributed by atoms with E-state index in [4.69, 9.17) is 0 Å². The third-order valence-corrected chi connectivity index (χ3v) is 6.93. The lowest BCUT2D eigenvalue weighted by Gasteiger charge is -2.17. The number of para-hydroxylation sites is 1. The summed E-state index contributed by atoms with van der Waals surface area (Å²) in [6.45, 7) is 6.39. The number of H-pyrrole nitrogens is 1. The van der Waals surface area contributed by atoms with Crippen LogP contribution in [0.5, 0.6) is 0 Å². The van der Waals surface area contributed by atoms with Crippen LogP contribution < -0.4 is 5.69 Å². The lowest BCUT2D eigenvalue weighted by atomic mass is 9.98. The first-order valence-corrected chi connectivity index (χ1v) is 12.8. The molecule has 0 bridgehead atoms. The van der Waals surface area contributed by atoms with Crippen molar-refractivity contribution in [2.45, 2.75) is 52.5 Å². The van der Waals surface area contributed by atoms with Crippen LogP contribution in [0.15, 0.2) is 78.0 Å². The third kappa shape index (κ3) is 4.74. The maximum Gasteiger partial charge on any atom is 0.333 e. The van der Waals surface area contributed by atoms with Crippen molar-refractivity contribution in [3.05, 3.63) is 100 Å². The minimum atomic E-state index is -0.115. The predicted octanol–water partition coefficient (Wildman–Crippen LogP) is 5.40. The fourth-order valence-corrected chi connectivity index (χ4v) is 4.87. The summed E-state index contributed by atoms with van der Waals surface area (Å²) in [6, 6.07) is 18.2. The van der Waals surface area contributed by atoms with Gasteiger partial charge in [0, 0.05) is 35.4 Å². The molecule has 0 radical (unpaired) electrons. The second-order valence-electron chi connectivity index (χ2n) is 9.20. The molecular formula is C29H31N7O. The van der Waals surface area contributed by atoms with E-state index in [1.165, 1.54) is 0 Å². The molecule has 37 heavy (non-hydrogen) atoms. The summed E-state index contributed by atoms with van der Waals surface area (Å²) in [6.07, 6.45) is 9.41. The van der Waals surface area contributed by atoms with Crippen LogP contribution in [0.4, 0.5) is 0 Å². The standard InChI is InChI=1S/C29H31N7O/c1-4-6-10-24-19-35(27-11-8-7-9-21(27)5-2)29(37)36(24)20(3)22-12-14-23(15-13-22)26-18-30-17-16-25(26)28-31-33-34-32-28/h7-9,11-20H,4-6,10H2,1-3H3,(H,31,32,33,34). The van der Waals surface area contributed by atoms with Gasteiger partial charge in [-0.05, 0) is 65.4 Å². The molecule has 1 atom stereocenters. The Morgan fingerprint density at radius 1 is 1.00 bits per heavy atom. The number of aryl methyl sites for hydroxylation is 2. The van der Waals surface area contributed by atoms with Crippen LogP contribution in [0.25, 0.3) is 28.2 Å². The highest BCUT2D eigenvalue weighted by Crippen LogP contribution is 2.30. The molecule has 8 heteroatoms. The van der Waals surface area contributed by atoms with Gasteiger partial charge in [-0.1, -0.05) is 62.7 Å². The average Bonchev–Trinajstić information content (AvgIpc) is 3.60. The van der Waals surface area contributed by atoms with Crippen LogP contribution in [-0.4, -0.2) is 34.7 Å². The van der Waals surface area contributed by atoms with Gasteiger partial charge < -0.3 is 0 Å². The Morgan fingerprint density at radius 2 is 1.81 bits per heavy atom. The largest absolute Gasteiger partial charge is 0.333 e. The molecule has 0 spiro atoms. The van der Waals surface area contributed by atoms with Gasteiger partial charge in [0.25, 0.3) is 0 Å². The van der Waals surface area contributed by atoms with Gasteiger partial charge >= 0.3 is 5.69 Å². The zero-order chi connectivity index (χ0) is 25.8. The van der Waals surface area contributed by atoms with Crippen LogP contribution in [0.3, 0.4) is 0 Å². The van der Waals surface area contributed by atoms with E-state index in [0.29, 0.717) is 5.82 Å². The second kappa shape index (κ2) is 10.7. The molecule has 8 nitrogen and oxygen atoms in total. The Labute approximate surface area is 216 Å². The number of imidazole rings is 1. The van der Waals surface area contributed by atoms with Crippen molar-refractivity contribution in [1.29, 1.82) is 0 Å². The van der Waals surface area contributed by atoms with Crippen LogP contribution in [0.2, 0.25) is 0 Å². The van der Waals surface area contributed by atoms with Crippen molar-refractivity contribution in [2.75, 3.05) is 0 Å². The van der Waals surface area contributed by atoms with Crippen molar-refractivity contribution >= 4 is 0 Å². The number of unbranched alkanes of at least 4 members (excludes halogenated alkanes) is 1. The Morgan fingerprint density at radius 3 is 2.54 bits per heavy atom. The number of hydrogen-bond donors (Lipinski definition) is 1. The van der Waals surface area contributed by atoms with Crippen molar-refractivity contribution in [2.24, 2.45) is 0 Å². The van der Waals surface area contributed by atoms with Crippen LogP contribution in [0.1, 0.15) is 56.5 Å². The summed E-state index contributed by atoms with van der Waals surface area (Å²) in [7, 11) is 0. The molecule has 1 N–H and O–H groups in total. The molecule has 0 aliphatic rings. The van der Waals surface area contributed by atoms with Crippen molar-refractivity contribution in [3.63, 3.8) is 0 Å². The number of tetrazole rings is 1. The van der Waals surface area contributed by atoms with Crippen LogP contribution in [0, 0.1) is 0 Å². The van der Waals surface area contributed by atoms with E-state index in [-0.39, 0.29) is 11.7 Å². The Bertz CT molecular complexity index is 1530. The summed E-state index contributed by atoms with van der Waals surface area (Å²) >= 11 is 0. The first kappa shape index (κ1) is 24.4. The topological polar surface area (TPSA) is 94.3 Å². The quantitative estimate of drug-likeness (QED) is 0.297. The fraction of sp³-hybridized carbons (Fsp3) is 0.276. The number of aromatic amines is 1. The molecule has 0 aliphatic carbocycles. The molecule has 0 saturated carbocycles. The van der Waals surface area contributed by atoms with E-state index in [9.17, 15) is 4.79 Å². The zero-order valence-electron chi connectivity index (χ0n) is 21.4. The Balaban J connectivity index is 1.53. The number of benzene rings is 2. The number of pyridine rings is 1. The summed E-state index contributed by atoms with van der Waals surface area (Å²) in [5.41, 5.74) is 7.06. The highest BCUT2D eigenvalue weighted by molar-refractivity contribution is 5.79. The smallest absolute Gasteiger partial charge is 0.289 e. The Hall–Kier alpha value is -4.33. The van der Waals surface area contributed by atoms with Gasteiger partial charge in [0.15, 0.2) is 5.82 Å². The van der Waals surface area contributed by atoms with Gasteiger partial charge in [0.1, 0.15) is 0 Å². The number of nitrogens with zero attached hydrogens (tertiary/aromatic N) is 6. The molecule has 0 saturated heterocycles. The third-order valence-electron chi connectivity index (χ3n) is 6.93. The molecule has 0 amide bonds. The fourth-order valence-electron chi connectivity index (χ4n) is 4.87. The van der Waals surface area contributed by atoms with E-state index in [2.05, 4.69) is 76.7 Å². The van der Waals surface area contributed by atoms with E-state index in [0.717, 1.165) is 64.9 Å². The van der Waals surface area contributed by atoms with Crippen molar-refractivity contribution in [3.8, 4) is 28.2 Å². The average molecular weight is 494 g/mol. The Kier molecular flexibility index (Phi) is 7.07. The molecule has 5 aromatic rings. The summed E-state index contributed by atoms with van der Waals surface area (Å²) in [5.74, 6) is 0.593. The molecule has 0 fully saturated rings. The molecular weight excluding hydrogens is 462 g/mol. The molecule has 0 aliphatic heterocycles. The number of hydrogen-bond acceptors (Lipinski definition) is 5. The summed E-state index contributed by atoms with van der Waals surface area (Å²) in [4.78, 5) is 18.1. The molecule has 188 valence electrons. The summed E-state index contributed by atoms with van der Waals surface area (Å²) in [5, 5.41) is 14.3.